The molecule has 2 aromatic rings. The van der Waals surface area contributed by atoms with Gasteiger partial charge in [-0.3, -0.25) is 0 Å². The molecule has 1 heterocycles. The summed E-state index contributed by atoms with van der Waals surface area (Å²) in [6.45, 7) is 1.63. The van der Waals surface area contributed by atoms with Crippen molar-refractivity contribution in [1.29, 1.82) is 0 Å². The van der Waals surface area contributed by atoms with Crippen LogP contribution in [0.4, 0.5) is 4.79 Å². The largest absolute Gasteiger partial charge is 0.496 e. The van der Waals surface area contributed by atoms with E-state index in [-0.39, 0.29) is 6.03 Å². The van der Waals surface area contributed by atoms with Crippen LogP contribution in [-0.2, 0) is 24.2 Å². The predicted molar refractivity (Wildman–Crippen MR) is 97.1 cm³/mol. The second-order valence-electron chi connectivity index (χ2n) is 6.13. The molecule has 0 saturated carbocycles. The Balaban J connectivity index is 1.64. The molecule has 1 aliphatic heterocycles. The highest BCUT2D eigenvalue weighted by Crippen LogP contribution is 2.21. The Kier molecular flexibility index (Phi) is 5.41. The van der Waals surface area contributed by atoms with Crippen LogP contribution in [0.3, 0.4) is 0 Å². The normalized spacial score (nSPS) is 12.9. The van der Waals surface area contributed by atoms with Crippen LogP contribution in [0, 0.1) is 0 Å². The molecule has 0 atom stereocenters. The maximum Gasteiger partial charge on any atom is 0.341 e. The van der Waals surface area contributed by atoms with Crippen molar-refractivity contribution >= 4 is 12.0 Å². The molecule has 0 bridgehead atoms. The van der Waals surface area contributed by atoms with Gasteiger partial charge in [-0.1, -0.05) is 30.3 Å². The van der Waals surface area contributed by atoms with Gasteiger partial charge in [0.25, 0.3) is 0 Å². The minimum atomic E-state index is -0.470. The highest BCUT2D eigenvalue weighted by molar-refractivity contribution is 5.92. The molecular formula is C20H22N2O4. The summed E-state index contributed by atoms with van der Waals surface area (Å²) in [5, 5.41) is 2.92. The molecule has 0 aromatic heterocycles. The Morgan fingerprint density at radius 3 is 2.62 bits per heavy atom. The van der Waals surface area contributed by atoms with E-state index in [4.69, 9.17) is 9.47 Å². The number of carbonyl (C=O) groups excluding carboxylic acids is 2. The molecule has 2 amide bonds. The average molecular weight is 354 g/mol. The fourth-order valence-electron chi connectivity index (χ4n) is 3.09. The van der Waals surface area contributed by atoms with Crippen molar-refractivity contribution in [3.63, 3.8) is 0 Å². The standard InChI is InChI=1S/C20H22N2O4/c1-25-18-8-7-14(11-17(18)19(23)26-2)12-21-20(24)22-10-9-15-5-3-4-6-16(15)13-22/h3-8,11H,9-10,12-13H2,1-2H3,(H,21,24). The number of nitrogens with one attached hydrogen (secondary N) is 1. The van der Waals surface area contributed by atoms with Crippen molar-refractivity contribution < 1.29 is 19.1 Å². The molecule has 26 heavy (non-hydrogen) atoms. The van der Waals surface area contributed by atoms with Crippen LogP contribution in [-0.4, -0.2) is 37.7 Å². The van der Waals surface area contributed by atoms with Crippen LogP contribution in [0.25, 0.3) is 0 Å². The smallest absolute Gasteiger partial charge is 0.341 e. The van der Waals surface area contributed by atoms with E-state index in [0.29, 0.717) is 30.9 Å². The average Bonchev–Trinajstić information content (AvgIpc) is 2.70. The van der Waals surface area contributed by atoms with Gasteiger partial charge >= 0.3 is 12.0 Å². The maximum absolute atomic E-state index is 12.5. The summed E-state index contributed by atoms with van der Waals surface area (Å²) in [5.41, 5.74) is 3.63. The first kappa shape index (κ1) is 17.8. The number of nitrogens with zero attached hydrogens (tertiary/aromatic N) is 1. The molecule has 6 heteroatoms. The SMILES string of the molecule is COC(=O)c1cc(CNC(=O)N2CCc3ccccc3C2)ccc1OC. The van der Waals surface area contributed by atoms with Crippen molar-refractivity contribution in [2.75, 3.05) is 20.8 Å². The number of fused-ring (bicyclic) bond motifs is 1. The molecule has 0 fully saturated rings. The van der Waals surface area contributed by atoms with E-state index < -0.39 is 5.97 Å². The highest BCUT2D eigenvalue weighted by atomic mass is 16.5. The lowest BCUT2D eigenvalue weighted by Crippen LogP contribution is -2.42. The summed E-state index contributed by atoms with van der Waals surface area (Å²) in [4.78, 5) is 26.1. The van der Waals surface area contributed by atoms with Crippen LogP contribution in [0.5, 0.6) is 5.75 Å². The quantitative estimate of drug-likeness (QED) is 0.858. The zero-order chi connectivity index (χ0) is 18.5. The van der Waals surface area contributed by atoms with Crippen LogP contribution in [0.15, 0.2) is 42.5 Å². The molecule has 0 unspecified atom stereocenters. The fraction of sp³-hybridized carbons (Fsp3) is 0.300. The molecule has 2 aromatic carbocycles. The van der Waals surface area contributed by atoms with Gasteiger partial charge in [-0.2, -0.15) is 0 Å². The number of benzene rings is 2. The van der Waals surface area contributed by atoms with Crippen molar-refractivity contribution in [3.8, 4) is 5.75 Å². The number of methoxy groups -OCH3 is 2. The first-order valence-corrected chi connectivity index (χ1v) is 8.47. The Morgan fingerprint density at radius 1 is 1.12 bits per heavy atom. The lowest BCUT2D eigenvalue weighted by Gasteiger charge is -2.29. The molecule has 6 nitrogen and oxygen atoms in total. The first-order valence-electron chi connectivity index (χ1n) is 8.47. The van der Waals surface area contributed by atoms with Crippen molar-refractivity contribution in [2.45, 2.75) is 19.5 Å². The van der Waals surface area contributed by atoms with Gasteiger partial charge in [0.05, 0.1) is 14.2 Å². The number of rotatable bonds is 4. The monoisotopic (exact) mass is 354 g/mol. The minimum absolute atomic E-state index is 0.116. The lowest BCUT2D eigenvalue weighted by molar-refractivity contribution is 0.0597. The highest BCUT2D eigenvalue weighted by Gasteiger charge is 2.20. The summed E-state index contributed by atoms with van der Waals surface area (Å²) in [6.07, 6.45) is 0.860. The zero-order valence-electron chi connectivity index (χ0n) is 15.0. The van der Waals surface area contributed by atoms with E-state index in [1.165, 1.54) is 25.3 Å². The number of carbonyl (C=O) groups is 2. The van der Waals surface area contributed by atoms with Crippen molar-refractivity contribution in [3.05, 3.63) is 64.7 Å². The Labute approximate surface area is 152 Å². The number of amides is 2. The molecule has 0 aliphatic carbocycles. The second-order valence-corrected chi connectivity index (χ2v) is 6.13. The second kappa shape index (κ2) is 7.91. The van der Waals surface area contributed by atoms with Crippen LogP contribution in [0.2, 0.25) is 0 Å². The number of ether oxygens (including phenoxy) is 2. The first-order chi connectivity index (χ1) is 12.6. The number of urea groups is 1. The predicted octanol–water partition coefficient (Wildman–Crippen LogP) is 2.75. The van der Waals surface area contributed by atoms with Crippen LogP contribution < -0.4 is 10.1 Å². The molecule has 1 N–H and O–H groups in total. The Bertz CT molecular complexity index is 819. The van der Waals surface area contributed by atoms with E-state index in [1.807, 2.05) is 18.2 Å². The molecule has 1 aliphatic rings. The number of hydrogen-bond donors (Lipinski definition) is 1. The summed E-state index contributed by atoms with van der Waals surface area (Å²) in [5.74, 6) is -0.0257. The van der Waals surface area contributed by atoms with E-state index in [1.54, 1.807) is 17.0 Å². The van der Waals surface area contributed by atoms with E-state index in [2.05, 4.69) is 17.4 Å². The van der Waals surface area contributed by atoms with Crippen LogP contribution >= 0.6 is 0 Å². The summed E-state index contributed by atoms with van der Waals surface area (Å²) < 4.78 is 9.95. The third-order valence-corrected chi connectivity index (χ3v) is 4.53. The van der Waals surface area contributed by atoms with Crippen molar-refractivity contribution in [1.82, 2.24) is 10.2 Å². The fourth-order valence-corrected chi connectivity index (χ4v) is 3.09. The van der Waals surface area contributed by atoms with Crippen molar-refractivity contribution in [2.24, 2.45) is 0 Å². The summed E-state index contributed by atoms with van der Waals surface area (Å²) in [6, 6.07) is 13.3. The third kappa shape index (κ3) is 3.79. The minimum Gasteiger partial charge on any atom is -0.496 e. The van der Waals surface area contributed by atoms with Gasteiger partial charge in [0, 0.05) is 19.6 Å². The molecular weight excluding hydrogens is 332 g/mol. The van der Waals surface area contributed by atoms with Gasteiger partial charge in [-0.15, -0.1) is 0 Å². The van der Waals surface area contributed by atoms with Gasteiger partial charge < -0.3 is 19.7 Å². The van der Waals surface area contributed by atoms with E-state index >= 15 is 0 Å². The molecule has 0 saturated heterocycles. The molecule has 0 radical (unpaired) electrons. The zero-order valence-corrected chi connectivity index (χ0v) is 15.0. The Hall–Kier alpha value is -3.02. The molecule has 3 rings (SSSR count). The van der Waals surface area contributed by atoms with Gasteiger partial charge in [-0.05, 0) is 35.2 Å². The molecule has 0 spiro atoms. The van der Waals surface area contributed by atoms with E-state index in [9.17, 15) is 9.59 Å². The summed E-state index contributed by atoms with van der Waals surface area (Å²) in [7, 11) is 2.82. The summed E-state index contributed by atoms with van der Waals surface area (Å²) >= 11 is 0. The molecule has 136 valence electrons. The van der Waals surface area contributed by atoms with Gasteiger partial charge in [0.1, 0.15) is 11.3 Å². The van der Waals surface area contributed by atoms with Gasteiger partial charge in [0.15, 0.2) is 0 Å². The maximum atomic E-state index is 12.5. The van der Waals surface area contributed by atoms with Gasteiger partial charge in [0.2, 0.25) is 0 Å². The topological polar surface area (TPSA) is 67.9 Å². The Morgan fingerprint density at radius 2 is 1.88 bits per heavy atom. The van der Waals surface area contributed by atoms with Gasteiger partial charge in [-0.25, -0.2) is 9.59 Å². The van der Waals surface area contributed by atoms with E-state index in [0.717, 1.165) is 12.0 Å². The third-order valence-electron chi connectivity index (χ3n) is 4.53. The number of hydrogen-bond acceptors (Lipinski definition) is 4. The number of esters is 1. The van der Waals surface area contributed by atoms with Crippen LogP contribution in [0.1, 0.15) is 27.0 Å². The lowest BCUT2D eigenvalue weighted by atomic mass is 10.0.